The maximum absolute atomic E-state index is 16.6. The number of halogens is 1. The van der Waals surface area contributed by atoms with Crippen molar-refractivity contribution < 1.29 is 28.2 Å². The highest BCUT2D eigenvalue weighted by Crippen LogP contribution is 2.51. The Balaban J connectivity index is 1.13. The Labute approximate surface area is 273 Å². The minimum atomic E-state index is -1.28. The van der Waals surface area contributed by atoms with Gasteiger partial charge < -0.3 is 29.9 Å². The number of likely N-dealkylation sites (tertiary alicyclic amines) is 2. The fourth-order valence-corrected chi connectivity index (χ4v) is 10.0. The van der Waals surface area contributed by atoms with Crippen molar-refractivity contribution in [3.8, 4) is 0 Å². The predicted octanol–water partition coefficient (Wildman–Crippen LogP) is 3.40. The monoisotopic (exact) mass is 643 g/mol. The third-order valence-corrected chi connectivity index (χ3v) is 12.0. The second kappa shape index (κ2) is 13.0. The number of alkyl halides is 1. The van der Waals surface area contributed by atoms with Crippen LogP contribution in [0, 0.1) is 17.8 Å². The Morgan fingerprint density at radius 3 is 2.57 bits per heavy atom. The number of ketones is 1. The van der Waals surface area contributed by atoms with Crippen LogP contribution in [0.2, 0.25) is 0 Å². The molecule has 3 saturated carbocycles. The number of carbonyl (C=O) groups excluding carboxylic acids is 3. The van der Waals surface area contributed by atoms with Crippen LogP contribution in [-0.4, -0.2) is 120 Å². The van der Waals surface area contributed by atoms with Crippen molar-refractivity contribution in [1.82, 2.24) is 25.3 Å². The van der Waals surface area contributed by atoms with Crippen molar-refractivity contribution in [1.29, 1.82) is 0 Å². The molecule has 2 N–H and O–H groups in total. The van der Waals surface area contributed by atoms with Gasteiger partial charge in [-0.15, -0.1) is 0 Å². The number of morpholine rings is 1. The van der Waals surface area contributed by atoms with Gasteiger partial charge in [0, 0.05) is 44.3 Å². The number of Topliss-reactive ketones (excluding diaryl/α,β-unsaturated/α-hetero) is 1. The average Bonchev–Trinajstić information content (AvgIpc) is 3.69. The number of alkyl carbamates (subject to hydrolysis) is 1. The Hall–Kier alpha value is -2.24. The summed E-state index contributed by atoms with van der Waals surface area (Å²) in [6.07, 6.45) is 9.58. The summed E-state index contributed by atoms with van der Waals surface area (Å²) in [6.45, 7) is 10.0. The number of fused-ring (bicyclic) bond motifs is 4. The van der Waals surface area contributed by atoms with Crippen LogP contribution in [0.25, 0.3) is 0 Å². The predicted molar refractivity (Wildman–Crippen MR) is 171 cm³/mol. The first-order valence-corrected chi connectivity index (χ1v) is 18.1. The van der Waals surface area contributed by atoms with E-state index in [1.54, 1.807) is 0 Å². The second-order valence-corrected chi connectivity index (χ2v) is 16.0. The number of rotatable bonds is 6. The zero-order chi connectivity index (χ0) is 32.2. The summed E-state index contributed by atoms with van der Waals surface area (Å²) in [6, 6.07) is -0.880. The summed E-state index contributed by atoms with van der Waals surface area (Å²) >= 11 is 0. The molecule has 256 valence electrons. The molecule has 4 heterocycles. The van der Waals surface area contributed by atoms with Crippen LogP contribution in [0.1, 0.15) is 85.0 Å². The molecule has 0 aromatic rings. The molecular weight excluding hydrogens is 589 g/mol. The van der Waals surface area contributed by atoms with Gasteiger partial charge in [0.15, 0.2) is 5.78 Å². The lowest BCUT2D eigenvalue weighted by Gasteiger charge is -2.62. The molecule has 7 aliphatic rings. The molecule has 46 heavy (non-hydrogen) atoms. The van der Waals surface area contributed by atoms with Crippen LogP contribution in [0.5, 0.6) is 0 Å². The fourth-order valence-electron chi connectivity index (χ4n) is 10.0. The summed E-state index contributed by atoms with van der Waals surface area (Å²) in [5.41, 5.74) is -0.413. The highest BCUT2D eigenvalue weighted by Gasteiger charge is 2.61. The third-order valence-electron chi connectivity index (χ3n) is 12.0. The molecule has 3 aliphatic carbocycles. The van der Waals surface area contributed by atoms with Gasteiger partial charge in [0.2, 0.25) is 0 Å². The number of nitrogens with zero attached hydrogens (tertiary/aromatic N) is 3. The second-order valence-electron chi connectivity index (χ2n) is 16.0. The summed E-state index contributed by atoms with van der Waals surface area (Å²) < 4.78 is 29.2. The van der Waals surface area contributed by atoms with Crippen molar-refractivity contribution in [3.05, 3.63) is 11.8 Å². The van der Waals surface area contributed by atoms with Crippen LogP contribution in [0.3, 0.4) is 0 Å². The molecule has 10 atom stereocenters. The van der Waals surface area contributed by atoms with Gasteiger partial charge in [0.1, 0.15) is 11.8 Å². The van der Waals surface area contributed by atoms with Crippen LogP contribution >= 0.6 is 0 Å². The quantitative estimate of drug-likeness (QED) is 0.425. The summed E-state index contributed by atoms with van der Waals surface area (Å²) in [5.74, 6) is -0.170. The molecule has 9 unspecified atom stereocenters. The van der Waals surface area contributed by atoms with Crippen molar-refractivity contribution in [2.75, 3.05) is 39.3 Å². The van der Waals surface area contributed by atoms with Crippen LogP contribution in [0.15, 0.2) is 11.8 Å². The van der Waals surface area contributed by atoms with Gasteiger partial charge in [-0.3, -0.25) is 14.5 Å². The van der Waals surface area contributed by atoms with E-state index in [1.807, 2.05) is 27.0 Å². The minimum Gasteiger partial charge on any atom is -0.444 e. The zero-order valence-corrected chi connectivity index (χ0v) is 27.9. The summed E-state index contributed by atoms with van der Waals surface area (Å²) in [5, 5.41) is 6.01. The Morgan fingerprint density at radius 2 is 1.78 bits per heavy atom. The molecule has 0 aromatic heterocycles. The average molecular weight is 644 g/mol. The standard InChI is InChI=1S/C35H54FN5O5/c1-35(2,3)46-34(44)38-22-12-16-40(19-22)29-26(36)18-24-28-32(29)45-31-23-9-5-4-8-21(23)10-11-27(31)41(28)20-25(30(24)42)33(43)37-13-17-39-14-6-7-15-39/h20-24,26-29,31-32H,4-19H2,1-3H3,(H,37,43)(H,38,44)/t21?,22-,23?,24?,26?,27?,28?,29?,31?,32?/m1/s1. The molecule has 10 nitrogen and oxygen atoms in total. The first-order valence-electron chi connectivity index (χ1n) is 18.1. The SMILES string of the molecule is CC(C)(C)OC(=O)N[C@@H]1CCN(C2C(F)CC3C(=O)C(C(=O)NCCN4CCCC4)=CN4C5CCC6CCCCC6C5OC2C34)C1. The molecule has 2 amide bonds. The van der Waals surface area contributed by atoms with E-state index in [-0.39, 0.29) is 47.9 Å². The summed E-state index contributed by atoms with van der Waals surface area (Å²) in [7, 11) is 0. The molecule has 0 bridgehead atoms. The van der Waals surface area contributed by atoms with E-state index >= 15 is 4.39 Å². The highest BCUT2D eigenvalue weighted by atomic mass is 19.1. The van der Waals surface area contributed by atoms with E-state index in [1.165, 1.54) is 32.1 Å². The smallest absolute Gasteiger partial charge is 0.407 e. The lowest BCUT2D eigenvalue weighted by atomic mass is 9.64. The van der Waals surface area contributed by atoms with Gasteiger partial charge in [-0.05, 0) is 90.6 Å². The molecule has 7 rings (SSSR count). The Kier molecular flexibility index (Phi) is 9.13. The van der Waals surface area contributed by atoms with E-state index in [0.717, 1.165) is 38.9 Å². The van der Waals surface area contributed by atoms with E-state index in [4.69, 9.17) is 9.47 Å². The highest BCUT2D eigenvalue weighted by molar-refractivity contribution is 6.20. The molecule has 3 saturated heterocycles. The van der Waals surface area contributed by atoms with Crippen molar-refractivity contribution >= 4 is 17.8 Å². The van der Waals surface area contributed by atoms with Crippen molar-refractivity contribution in [2.45, 2.75) is 133 Å². The van der Waals surface area contributed by atoms with Gasteiger partial charge in [0.25, 0.3) is 5.91 Å². The number of hydrogen-bond donors (Lipinski definition) is 2. The molecule has 0 aromatic carbocycles. The van der Waals surface area contributed by atoms with E-state index < -0.39 is 35.9 Å². The van der Waals surface area contributed by atoms with Gasteiger partial charge in [0.05, 0.1) is 35.9 Å². The van der Waals surface area contributed by atoms with Gasteiger partial charge >= 0.3 is 6.09 Å². The van der Waals surface area contributed by atoms with Gasteiger partial charge in [-0.1, -0.05) is 19.3 Å². The molecular formula is C35H54FN5O5. The van der Waals surface area contributed by atoms with Gasteiger partial charge in [-0.2, -0.15) is 0 Å². The first-order chi connectivity index (χ1) is 22.1. The van der Waals surface area contributed by atoms with Gasteiger partial charge in [-0.25, -0.2) is 9.18 Å². The van der Waals surface area contributed by atoms with E-state index in [9.17, 15) is 14.4 Å². The molecule has 0 spiro atoms. The van der Waals surface area contributed by atoms with Crippen molar-refractivity contribution in [2.24, 2.45) is 17.8 Å². The number of nitrogens with one attached hydrogen (secondary N) is 2. The lowest BCUT2D eigenvalue weighted by molar-refractivity contribution is -0.231. The van der Waals surface area contributed by atoms with Crippen LogP contribution < -0.4 is 10.6 Å². The van der Waals surface area contributed by atoms with E-state index in [0.29, 0.717) is 37.9 Å². The minimum absolute atomic E-state index is 0.0454. The number of hydrogen-bond acceptors (Lipinski definition) is 8. The van der Waals surface area contributed by atoms with E-state index in [2.05, 4.69) is 25.3 Å². The normalized spacial score (nSPS) is 39.6. The topological polar surface area (TPSA) is 103 Å². The number of carbonyl (C=O) groups is 3. The summed E-state index contributed by atoms with van der Waals surface area (Å²) in [4.78, 5) is 46.9. The van der Waals surface area contributed by atoms with Crippen molar-refractivity contribution in [3.63, 3.8) is 0 Å². The number of ether oxygens (including phenoxy) is 2. The Bertz CT molecular complexity index is 1200. The largest absolute Gasteiger partial charge is 0.444 e. The maximum Gasteiger partial charge on any atom is 0.407 e. The first kappa shape index (κ1) is 32.3. The molecule has 11 heteroatoms. The molecule has 0 radical (unpaired) electrons. The fraction of sp³-hybridized carbons (Fsp3) is 0.857. The molecule has 6 fully saturated rings. The number of amides is 2. The molecule has 4 aliphatic heterocycles. The lowest BCUT2D eigenvalue weighted by Crippen LogP contribution is -2.74. The zero-order valence-electron chi connectivity index (χ0n) is 27.9. The third kappa shape index (κ3) is 6.32. The van der Waals surface area contributed by atoms with Crippen LogP contribution in [0.4, 0.5) is 9.18 Å². The van der Waals surface area contributed by atoms with Crippen LogP contribution in [-0.2, 0) is 19.1 Å². The Morgan fingerprint density at radius 1 is 1.00 bits per heavy atom. The maximum atomic E-state index is 16.6.